The zero-order valence-corrected chi connectivity index (χ0v) is 16.1. The van der Waals surface area contributed by atoms with Gasteiger partial charge >= 0.3 is 0 Å². The Bertz CT molecular complexity index is 883. The van der Waals surface area contributed by atoms with E-state index < -0.39 is 10.0 Å². The fraction of sp³-hybridized carbons (Fsp3) is 0.278. The molecule has 0 saturated heterocycles. The Morgan fingerprint density at radius 3 is 2.64 bits per heavy atom. The third-order valence-corrected chi connectivity index (χ3v) is 5.91. The van der Waals surface area contributed by atoms with E-state index >= 15 is 0 Å². The van der Waals surface area contributed by atoms with E-state index in [1.54, 1.807) is 6.07 Å². The van der Waals surface area contributed by atoms with E-state index in [0.29, 0.717) is 17.7 Å². The number of hydrogen-bond donors (Lipinski definition) is 0. The molecule has 3 rings (SSSR count). The predicted molar refractivity (Wildman–Crippen MR) is 99.3 cm³/mol. The van der Waals surface area contributed by atoms with Crippen molar-refractivity contribution in [2.45, 2.75) is 19.0 Å². The number of fused-ring (bicyclic) bond motifs is 1. The van der Waals surface area contributed by atoms with Crippen molar-refractivity contribution in [1.82, 2.24) is 4.31 Å². The molecule has 0 fully saturated rings. The summed E-state index contributed by atoms with van der Waals surface area (Å²) < 4.78 is 32.7. The van der Waals surface area contributed by atoms with Gasteiger partial charge in [0.1, 0.15) is 12.4 Å². The minimum Gasteiger partial charge on any atom is -0.491 e. The van der Waals surface area contributed by atoms with Crippen LogP contribution < -0.4 is 4.74 Å². The van der Waals surface area contributed by atoms with Gasteiger partial charge in [-0.3, -0.25) is 4.79 Å². The molecule has 1 aliphatic heterocycles. The van der Waals surface area contributed by atoms with Crippen LogP contribution >= 0.6 is 15.9 Å². The van der Waals surface area contributed by atoms with Crippen LogP contribution in [0, 0.1) is 0 Å². The first-order valence-corrected chi connectivity index (χ1v) is 10.4. The molecule has 0 N–H and O–H groups in total. The summed E-state index contributed by atoms with van der Waals surface area (Å²) in [6.45, 7) is 0.507. The Morgan fingerprint density at radius 2 is 2.00 bits per heavy atom. The maximum absolute atomic E-state index is 12.3. The minimum atomic E-state index is -3.42. The lowest BCUT2D eigenvalue weighted by Crippen LogP contribution is -2.45. The van der Waals surface area contributed by atoms with Gasteiger partial charge in [0.15, 0.2) is 6.29 Å². The summed E-state index contributed by atoms with van der Waals surface area (Å²) >= 11 is 3.39. The van der Waals surface area contributed by atoms with E-state index in [9.17, 15) is 13.2 Å². The average Bonchev–Trinajstić information content (AvgIpc) is 2.58. The number of hydrogen-bond acceptors (Lipinski definition) is 4. The molecule has 25 heavy (non-hydrogen) atoms. The molecule has 0 saturated carbocycles. The van der Waals surface area contributed by atoms with Crippen molar-refractivity contribution in [3.05, 3.63) is 63.6 Å². The highest BCUT2D eigenvalue weighted by molar-refractivity contribution is 9.10. The number of ether oxygens (including phenoxy) is 1. The highest BCUT2D eigenvalue weighted by Crippen LogP contribution is 2.33. The number of carbonyl (C=O) groups is 1. The average molecular weight is 424 g/mol. The molecular weight excluding hydrogens is 406 g/mol. The van der Waals surface area contributed by atoms with Gasteiger partial charge < -0.3 is 4.74 Å². The normalized spacial score (nSPS) is 17.0. The van der Waals surface area contributed by atoms with Crippen molar-refractivity contribution in [2.75, 3.05) is 12.9 Å². The number of halogens is 1. The first-order chi connectivity index (χ1) is 11.9. The lowest BCUT2D eigenvalue weighted by atomic mass is 9.99. The molecule has 1 heterocycles. The SMILES string of the molecule is CS(=O)(=O)N(Cc1ccccc1)C1COc2c(C=O)cc(Br)cc2C1. The molecular formula is C18H18BrNO4S. The molecule has 2 aromatic carbocycles. The Morgan fingerprint density at radius 1 is 1.28 bits per heavy atom. The Kier molecular flexibility index (Phi) is 5.27. The van der Waals surface area contributed by atoms with Crippen molar-refractivity contribution in [2.24, 2.45) is 0 Å². The summed E-state index contributed by atoms with van der Waals surface area (Å²) in [4.78, 5) is 11.2. The van der Waals surface area contributed by atoms with E-state index in [-0.39, 0.29) is 19.2 Å². The zero-order chi connectivity index (χ0) is 18.0. The summed E-state index contributed by atoms with van der Waals surface area (Å²) in [6, 6.07) is 12.7. The van der Waals surface area contributed by atoms with Crippen molar-refractivity contribution in [1.29, 1.82) is 0 Å². The maximum Gasteiger partial charge on any atom is 0.211 e. The summed E-state index contributed by atoms with van der Waals surface area (Å²) in [7, 11) is -3.42. The van der Waals surface area contributed by atoms with Crippen LogP contribution in [-0.4, -0.2) is 37.9 Å². The van der Waals surface area contributed by atoms with Crippen molar-refractivity contribution in [3.8, 4) is 5.75 Å². The van der Waals surface area contributed by atoms with Crippen molar-refractivity contribution in [3.63, 3.8) is 0 Å². The molecule has 1 aliphatic rings. The molecule has 0 amide bonds. The minimum absolute atomic E-state index is 0.218. The molecule has 1 atom stereocenters. The second-order valence-electron chi connectivity index (χ2n) is 6.06. The van der Waals surface area contributed by atoms with E-state index in [0.717, 1.165) is 21.9 Å². The molecule has 2 aromatic rings. The van der Waals surface area contributed by atoms with Gasteiger partial charge in [0.05, 0.1) is 17.9 Å². The number of nitrogens with zero attached hydrogens (tertiary/aromatic N) is 1. The maximum atomic E-state index is 12.3. The van der Waals surface area contributed by atoms with Gasteiger partial charge in [-0.2, -0.15) is 4.31 Å². The lowest BCUT2D eigenvalue weighted by Gasteiger charge is -2.34. The Balaban J connectivity index is 1.91. The van der Waals surface area contributed by atoms with Gasteiger partial charge in [-0.05, 0) is 29.7 Å². The monoisotopic (exact) mass is 423 g/mol. The van der Waals surface area contributed by atoms with Crippen LogP contribution in [0.25, 0.3) is 0 Å². The Hall–Kier alpha value is -1.70. The van der Waals surface area contributed by atoms with Gasteiger partial charge in [0.2, 0.25) is 10.0 Å². The van der Waals surface area contributed by atoms with Gasteiger partial charge in [-0.15, -0.1) is 0 Å². The molecule has 0 aliphatic carbocycles. The second kappa shape index (κ2) is 7.27. The summed E-state index contributed by atoms with van der Waals surface area (Å²) in [5, 5.41) is 0. The van der Waals surface area contributed by atoms with Crippen LogP contribution in [-0.2, 0) is 23.0 Å². The molecule has 7 heteroatoms. The topological polar surface area (TPSA) is 63.7 Å². The fourth-order valence-corrected chi connectivity index (χ4v) is 4.63. The van der Waals surface area contributed by atoms with Crippen LogP contribution in [0.1, 0.15) is 21.5 Å². The first kappa shape index (κ1) is 18.1. The second-order valence-corrected chi connectivity index (χ2v) is 8.91. The van der Waals surface area contributed by atoms with Gasteiger partial charge in [0.25, 0.3) is 0 Å². The van der Waals surface area contributed by atoms with Crippen LogP contribution in [0.2, 0.25) is 0 Å². The van der Waals surface area contributed by atoms with E-state index in [1.165, 1.54) is 10.6 Å². The third kappa shape index (κ3) is 4.11. The van der Waals surface area contributed by atoms with Crippen molar-refractivity contribution < 1.29 is 17.9 Å². The molecule has 0 aromatic heterocycles. The highest BCUT2D eigenvalue weighted by atomic mass is 79.9. The standard InChI is InChI=1S/C18H18BrNO4S/c1-25(22,23)20(10-13-5-3-2-4-6-13)17-9-14-7-16(19)8-15(11-21)18(14)24-12-17/h2-8,11,17H,9-10,12H2,1H3. The first-order valence-electron chi connectivity index (χ1n) is 7.79. The quantitative estimate of drug-likeness (QED) is 0.693. The molecule has 1 unspecified atom stereocenters. The lowest BCUT2D eigenvalue weighted by molar-refractivity contribution is 0.111. The van der Waals surface area contributed by atoms with Gasteiger partial charge in [-0.1, -0.05) is 46.3 Å². The van der Waals surface area contributed by atoms with Crippen LogP contribution in [0.4, 0.5) is 0 Å². The van der Waals surface area contributed by atoms with Gasteiger partial charge in [-0.25, -0.2) is 8.42 Å². The van der Waals surface area contributed by atoms with Crippen LogP contribution in [0.5, 0.6) is 5.75 Å². The number of carbonyl (C=O) groups excluding carboxylic acids is 1. The molecule has 0 bridgehead atoms. The summed E-state index contributed by atoms with van der Waals surface area (Å²) in [6.07, 6.45) is 2.46. The smallest absolute Gasteiger partial charge is 0.211 e. The third-order valence-electron chi connectivity index (χ3n) is 4.18. The molecule has 0 radical (unpaired) electrons. The molecule has 0 spiro atoms. The zero-order valence-electron chi connectivity index (χ0n) is 13.7. The number of rotatable bonds is 5. The van der Waals surface area contributed by atoms with Gasteiger partial charge in [0, 0.05) is 11.0 Å². The predicted octanol–water partition coefficient (Wildman–Crippen LogP) is 3.03. The van der Waals surface area contributed by atoms with Crippen molar-refractivity contribution >= 4 is 32.2 Å². The largest absolute Gasteiger partial charge is 0.491 e. The fourth-order valence-electron chi connectivity index (χ4n) is 3.05. The number of benzene rings is 2. The number of aldehydes is 1. The van der Waals surface area contributed by atoms with E-state index in [2.05, 4.69) is 15.9 Å². The van der Waals surface area contributed by atoms with Crippen LogP contribution in [0.15, 0.2) is 46.9 Å². The number of sulfonamides is 1. The van der Waals surface area contributed by atoms with Crippen LogP contribution in [0.3, 0.4) is 0 Å². The summed E-state index contributed by atoms with van der Waals surface area (Å²) in [5.74, 6) is 0.544. The highest BCUT2D eigenvalue weighted by Gasteiger charge is 2.32. The van der Waals surface area contributed by atoms with E-state index in [4.69, 9.17) is 4.74 Å². The molecule has 5 nitrogen and oxygen atoms in total. The Labute approximate surface area is 155 Å². The van der Waals surface area contributed by atoms with E-state index in [1.807, 2.05) is 36.4 Å². The summed E-state index contributed by atoms with van der Waals surface area (Å²) in [5.41, 5.74) is 2.22. The molecule has 132 valence electrons.